The first-order chi connectivity index (χ1) is 7.33. The lowest BCUT2D eigenvalue weighted by Gasteiger charge is -2.08. The van der Waals surface area contributed by atoms with Crippen molar-refractivity contribution in [1.82, 2.24) is 0 Å². The van der Waals surface area contributed by atoms with Gasteiger partial charge in [0.1, 0.15) is 0 Å². The third-order valence-electron chi connectivity index (χ3n) is 2.07. The Labute approximate surface area is 91.2 Å². The summed E-state index contributed by atoms with van der Waals surface area (Å²) in [7, 11) is 0. The molecule has 1 rings (SSSR count). The van der Waals surface area contributed by atoms with E-state index in [1.54, 1.807) is 0 Å². The molecule has 0 bridgehead atoms. The molecule has 0 radical (unpaired) electrons. The second-order valence-corrected chi connectivity index (χ2v) is 3.46. The molecule has 2 nitrogen and oxygen atoms in total. The molecular formula is C13H18O2. The van der Waals surface area contributed by atoms with E-state index in [1.807, 2.05) is 49.4 Å². The van der Waals surface area contributed by atoms with Gasteiger partial charge >= 0.3 is 0 Å². The number of rotatable bonds is 6. The zero-order valence-corrected chi connectivity index (χ0v) is 9.10. The highest BCUT2D eigenvalue weighted by atomic mass is 16.5. The van der Waals surface area contributed by atoms with Crippen molar-refractivity contribution in [3.8, 4) is 0 Å². The zero-order valence-electron chi connectivity index (χ0n) is 9.10. The summed E-state index contributed by atoms with van der Waals surface area (Å²) in [5.74, 6) is 0. The smallest absolute Gasteiger partial charge is 0.0808 e. The summed E-state index contributed by atoms with van der Waals surface area (Å²) in [6, 6.07) is 9.96. The van der Waals surface area contributed by atoms with E-state index in [0.29, 0.717) is 19.6 Å². The predicted molar refractivity (Wildman–Crippen MR) is 61.5 cm³/mol. The van der Waals surface area contributed by atoms with Gasteiger partial charge in [0, 0.05) is 0 Å². The fraction of sp³-hybridized carbons (Fsp3) is 0.385. The highest BCUT2D eigenvalue weighted by molar-refractivity contribution is 5.13. The summed E-state index contributed by atoms with van der Waals surface area (Å²) in [6.07, 6.45) is 4.13. The van der Waals surface area contributed by atoms with Crippen molar-refractivity contribution < 1.29 is 9.84 Å². The van der Waals surface area contributed by atoms with E-state index in [0.717, 1.165) is 5.56 Å². The lowest BCUT2D eigenvalue weighted by molar-refractivity contribution is 0.0301. The van der Waals surface area contributed by atoms with Crippen LogP contribution < -0.4 is 0 Å². The van der Waals surface area contributed by atoms with Crippen molar-refractivity contribution in [2.24, 2.45) is 0 Å². The summed E-state index contributed by atoms with van der Waals surface area (Å²) < 4.78 is 5.39. The maximum absolute atomic E-state index is 9.48. The molecule has 1 atom stereocenters. The first-order valence-electron chi connectivity index (χ1n) is 5.24. The van der Waals surface area contributed by atoms with Gasteiger partial charge in [0.25, 0.3) is 0 Å². The number of aliphatic hydroxyl groups excluding tert-OH is 1. The molecule has 15 heavy (non-hydrogen) atoms. The zero-order chi connectivity index (χ0) is 10.9. The minimum atomic E-state index is -0.398. The fourth-order valence-electron chi connectivity index (χ4n) is 1.25. The largest absolute Gasteiger partial charge is 0.390 e. The van der Waals surface area contributed by atoms with E-state index in [9.17, 15) is 5.11 Å². The Balaban J connectivity index is 2.16. The number of hydrogen-bond acceptors (Lipinski definition) is 2. The van der Waals surface area contributed by atoms with Crippen LogP contribution in [0.25, 0.3) is 0 Å². The van der Waals surface area contributed by atoms with Crippen molar-refractivity contribution in [2.75, 3.05) is 6.61 Å². The lowest BCUT2D eigenvalue weighted by atomic mass is 10.2. The average Bonchev–Trinajstić information content (AvgIpc) is 2.28. The molecule has 1 N–H and O–H groups in total. The molecule has 0 aliphatic carbocycles. The number of ether oxygens (including phenoxy) is 1. The molecule has 0 fully saturated rings. The highest BCUT2D eigenvalue weighted by Crippen LogP contribution is 2.02. The van der Waals surface area contributed by atoms with Gasteiger partial charge < -0.3 is 9.84 Å². The molecule has 0 heterocycles. The summed E-state index contributed by atoms with van der Waals surface area (Å²) >= 11 is 0. The average molecular weight is 206 g/mol. The summed E-state index contributed by atoms with van der Waals surface area (Å²) in [6.45, 7) is 2.89. The van der Waals surface area contributed by atoms with E-state index in [4.69, 9.17) is 4.74 Å². The number of aliphatic hydroxyl groups is 1. The molecule has 0 aliphatic rings. The van der Waals surface area contributed by atoms with Gasteiger partial charge in [0.05, 0.1) is 19.3 Å². The highest BCUT2D eigenvalue weighted by Gasteiger charge is 2.01. The van der Waals surface area contributed by atoms with Gasteiger partial charge in [-0.15, -0.1) is 0 Å². The maximum Gasteiger partial charge on any atom is 0.0808 e. The van der Waals surface area contributed by atoms with Crippen molar-refractivity contribution >= 4 is 0 Å². The van der Waals surface area contributed by atoms with Gasteiger partial charge in [0.15, 0.2) is 0 Å². The number of hydrogen-bond donors (Lipinski definition) is 1. The van der Waals surface area contributed by atoms with Gasteiger partial charge in [-0.1, -0.05) is 42.5 Å². The van der Waals surface area contributed by atoms with Crippen LogP contribution in [0.1, 0.15) is 18.9 Å². The van der Waals surface area contributed by atoms with Crippen LogP contribution in [0.5, 0.6) is 0 Å². The van der Waals surface area contributed by atoms with Crippen LogP contribution >= 0.6 is 0 Å². The van der Waals surface area contributed by atoms with Gasteiger partial charge in [-0.05, 0) is 18.9 Å². The minimum Gasteiger partial charge on any atom is -0.390 e. The normalized spacial score (nSPS) is 13.2. The van der Waals surface area contributed by atoms with Gasteiger partial charge in [-0.2, -0.15) is 0 Å². The Morgan fingerprint density at radius 2 is 2.07 bits per heavy atom. The molecule has 2 heteroatoms. The fourth-order valence-corrected chi connectivity index (χ4v) is 1.25. The second kappa shape index (κ2) is 7.21. The van der Waals surface area contributed by atoms with Crippen molar-refractivity contribution in [3.63, 3.8) is 0 Å². The predicted octanol–water partition coefficient (Wildman–Crippen LogP) is 2.53. The Hall–Kier alpha value is -1.12. The minimum absolute atomic E-state index is 0.388. The molecular weight excluding hydrogens is 188 g/mol. The topological polar surface area (TPSA) is 29.5 Å². The van der Waals surface area contributed by atoms with Gasteiger partial charge in [-0.3, -0.25) is 0 Å². The molecule has 0 aromatic heterocycles. The van der Waals surface area contributed by atoms with Crippen molar-refractivity contribution in [1.29, 1.82) is 0 Å². The molecule has 82 valence electrons. The Morgan fingerprint density at radius 3 is 2.73 bits per heavy atom. The van der Waals surface area contributed by atoms with Crippen LogP contribution in [0.2, 0.25) is 0 Å². The number of allylic oxidation sites excluding steroid dienone is 1. The van der Waals surface area contributed by atoms with Crippen LogP contribution in [0.15, 0.2) is 42.5 Å². The summed E-state index contributed by atoms with van der Waals surface area (Å²) in [5.41, 5.74) is 1.13. The van der Waals surface area contributed by atoms with E-state index in [-0.39, 0.29) is 0 Å². The molecule has 0 saturated heterocycles. The van der Waals surface area contributed by atoms with Crippen LogP contribution in [0, 0.1) is 0 Å². The lowest BCUT2D eigenvalue weighted by Crippen LogP contribution is -2.13. The third kappa shape index (κ3) is 5.35. The molecule has 0 spiro atoms. The van der Waals surface area contributed by atoms with Crippen LogP contribution in [0.3, 0.4) is 0 Å². The molecule has 0 unspecified atom stereocenters. The van der Waals surface area contributed by atoms with Crippen molar-refractivity contribution in [3.05, 3.63) is 48.0 Å². The maximum atomic E-state index is 9.48. The monoisotopic (exact) mass is 206 g/mol. The van der Waals surface area contributed by atoms with Gasteiger partial charge in [0.2, 0.25) is 0 Å². The molecule has 0 saturated carbocycles. The van der Waals surface area contributed by atoms with E-state index >= 15 is 0 Å². The van der Waals surface area contributed by atoms with Crippen LogP contribution in [-0.4, -0.2) is 17.8 Å². The first kappa shape index (κ1) is 12.0. The Kier molecular flexibility index (Phi) is 5.74. The first-order valence-corrected chi connectivity index (χ1v) is 5.24. The van der Waals surface area contributed by atoms with E-state index in [1.165, 1.54) is 0 Å². The van der Waals surface area contributed by atoms with E-state index < -0.39 is 6.10 Å². The van der Waals surface area contributed by atoms with Crippen LogP contribution in [-0.2, 0) is 11.3 Å². The van der Waals surface area contributed by atoms with Crippen molar-refractivity contribution in [2.45, 2.75) is 26.1 Å². The second-order valence-electron chi connectivity index (χ2n) is 3.46. The molecule has 0 amide bonds. The number of benzene rings is 1. The van der Waals surface area contributed by atoms with Gasteiger partial charge in [-0.25, -0.2) is 0 Å². The van der Waals surface area contributed by atoms with Crippen LogP contribution in [0.4, 0.5) is 0 Å². The molecule has 1 aromatic carbocycles. The quantitative estimate of drug-likeness (QED) is 0.725. The summed E-state index contributed by atoms with van der Waals surface area (Å²) in [5, 5.41) is 9.48. The SMILES string of the molecule is C/C=C/C[C@@H](O)COCc1ccccc1. The summed E-state index contributed by atoms with van der Waals surface area (Å²) in [4.78, 5) is 0. The van der Waals surface area contributed by atoms with E-state index in [2.05, 4.69) is 0 Å². The molecule has 1 aromatic rings. The molecule has 0 aliphatic heterocycles. The Bertz CT molecular complexity index is 280. The third-order valence-corrected chi connectivity index (χ3v) is 2.07. The standard InChI is InChI=1S/C13H18O2/c1-2-3-9-13(14)11-15-10-12-7-5-4-6-8-12/h2-8,13-14H,9-11H2,1H3/b3-2+/t13-/m1/s1. The Morgan fingerprint density at radius 1 is 1.33 bits per heavy atom.